The van der Waals surface area contributed by atoms with Gasteiger partial charge in [-0.25, -0.2) is 9.67 Å². The van der Waals surface area contributed by atoms with Crippen LogP contribution in [0.3, 0.4) is 0 Å². The van der Waals surface area contributed by atoms with Gasteiger partial charge in [-0.2, -0.15) is 5.10 Å². The van der Waals surface area contributed by atoms with Crippen molar-refractivity contribution < 1.29 is 0 Å². The molecule has 5 heteroatoms. The minimum atomic E-state index is 0.288. The van der Waals surface area contributed by atoms with Crippen LogP contribution in [0.25, 0.3) is 5.82 Å². The van der Waals surface area contributed by atoms with Crippen LogP contribution in [-0.4, -0.2) is 21.8 Å². The van der Waals surface area contributed by atoms with E-state index in [1.807, 2.05) is 39.2 Å². The van der Waals surface area contributed by atoms with E-state index >= 15 is 0 Å². The van der Waals surface area contributed by atoms with Crippen LogP contribution in [0.2, 0.25) is 5.02 Å². The van der Waals surface area contributed by atoms with Crippen LogP contribution in [0.4, 0.5) is 0 Å². The number of pyridine rings is 1. The highest BCUT2D eigenvalue weighted by molar-refractivity contribution is 6.31. The molecule has 1 unspecified atom stereocenters. The van der Waals surface area contributed by atoms with E-state index < -0.39 is 0 Å². The third-order valence-corrected chi connectivity index (χ3v) is 3.67. The Balaban J connectivity index is 2.37. The average molecular weight is 265 g/mol. The number of aryl methyl sites for hydroxylation is 1. The van der Waals surface area contributed by atoms with E-state index in [1.165, 1.54) is 0 Å². The van der Waals surface area contributed by atoms with Crippen molar-refractivity contribution in [3.05, 3.63) is 40.3 Å². The van der Waals surface area contributed by atoms with Gasteiger partial charge >= 0.3 is 0 Å². The first kappa shape index (κ1) is 13.1. The SMILES string of the molecule is CNC(C)c1ccc(-n2nc(C)c(Cl)c2C)nc1. The van der Waals surface area contributed by atoms with Crippen LogP contribution in [0, 0.1) is 13.8 Å². The summed E-state index contributed by atoms with van der Waals surface area (Å²) < 4.78 is 1.77. The highest BCUT2D eigenvalue weighted by atomic mass is 35.5. The second-order valence-corrected chi connectivity index (χ2v) is 4.73. The Morgan fingerprint density at radius 1 is 1.33 bits per heavy atom. The lowest BCUT2D eigenvalue weighted by Gasteiger charge is -2.10. The predicted octanol–water partition coefficient (Wildman–Crippen LogP) is 2.82. The minimum absolute atomic E-state index is 0.288. The summed E-state index contributed by atoms with van der Waals surface area (Å²) in [5, 5.41) is 8.26. The maximum atomic E-state index is 6.13. The average Bonchev–Trinajstić information content (AvgIpc) is 2.66. The maximum absolute atomic E-state index is 6.13. The summed E-state index contributed by atoms with van der Waals surface area (Å²) in [6.07, 6.45) is 1.86. The van der Waals surface area contributed by atoms with E-state index in [9.17, 15) is 0 Å². The lowest BCUT2D eigenvalue weighted by molar-refractivity contribution is 0.648. The van der Waals surface area contributed by atoms with Gasteiger partial charge in [-0.3, -0.25) is 0 Å². The molecule has 18 heavy (non-hydrogen) atoms. The second kappa shape index (κ2) is 5.08. The molecule has 1 N–H and O–H groups in total. The molecular formula is C13H17ClN4. The lowest BCUT2D eigenvalue weighted by Crippen LogP contribution is -2.13. The quantitative estimate of drug-likeness (QED) is 0.927. The summed E-state index contributed by atoms with van der Waals surface area (Å²) >= 11 is 6.13. The lowest BCUT2D eigenvalue weighted by atomic mass is 10.1. The Morgan fingerprint density at radius 3 is 2.50 bits per heavy atom. The van der Waals surface area contributed by atoms with Crippen LogP contribution in [0.15, 0.2) is 18.3 Å². The molecule has 0 aromatic carbocycles. The van der Waals surface area contributed by atoms with Gasteiger partial charge in [0.05, 0.1) is 16.4 Å². The molecule has 2 rings (SSSR count). The van der Waals surface area contributed by atoms with E-state index in [1.54, 1.807) is 4.68 Å². The van der Waals surface area contributed by atoms with Crippen molar-refractivity contribution in [3.63, 3.8) is 0 Å². The first-order valence-electron chi connectivity index (χ1n) is 5.90. The van der Waals surface area contributed by atoms with Crippen molar-refractivity contribution >= 4 is 11.6 Å². The number of nitrogens with one attached hydrogen (secondary N) is 1. The van der Waals surface area contributed by atoms with Gasteiger partial charge in [0.25, 0.3) is 0 Å². The summed E-state index contributed by atoms with van der Waals surface area (Å²) in [5.41, 5.74) is 2.88. The van der Waals surface area contributed by atoms with E-state index in [0.29, 0.717) is 5.02 Å². The Kier molecular flexibility index (Phi) is 3.68. The molecule has 0 aliphatic carbocycles. The molecule has 0 bridgehead atoms. The molecule has 0 fully saturated rings. The van der Waals surface area contributed by atoms with Crippen LogP contribution in [0.5, 0.6) is 0 Å². The second-order valence-electron chi connectivity index (χ2n) is 4.36. The Hall–Kier alpha value is -1.39. The Labute approximate surface area is 112 Å². The van der Waals surface area contributed by atoms with Gasteiger partial charge in [0, 0.05) is 12.2 Å². The molecule has 2 aromatic rings. The molecule has 1 atom stereocenters. The summed E-state index contributed by atoms with van der Waals surface area (Å²) in [5.74, 6) is 0.787. The molecule has 0 spiro atoms. The maximum Gasteiger partial charge on any atom is 0.153 e. The van der Waals surface area contributed by atoms with Crippen LogP contribution in [-0.2, 0) is 0 Å². The predicted molar refractivity (Wildman–Crippen MR) is 73.3 cm³/mol. The van der Waals surface area contributed by atoms with Crippen molar-refractivity contribution in [1.82, 2.24) is 20.1 Å². The first-order chi connectivity index (χ1) is 8.54. The summed E-state index contributed by atoms with van der Waals surface area (Å²) in [4.78, 5) is 4.44. The minimum Gasteiger partial charge on any atom is -0.313 e. The fraction of sp³-hybridized carbons (Fsp3) is 0.385. The fourth-order valence-corrected chi connectivity index (χ4v) is 1.91. The van der Waals surface area contributed by atoms with Crippen molar-refractivity contribution in [2.24, 2.45) is 0 Å². The number of hydrogen-bond acceptors (Lipinski definition) is 3. The van der Waals surface area contributed by atoms with Gasteiger partial charge in [-0.15, -0.1) is 0 Å². The fourth-order valence-electron chi connectivity index (χ4n) is 1.79. The van der Waals surface area contributed by atoms with Crippen LogP contribution in [0.1, 0.15) is 29.9 Å². The van der Waals surface area contributed by atoms with Gasteiger partial charge in [0.15, 0.2) is 5.82 Å². The molecule has 0 saturated heterocycles. The molecule has 0 aliphatic rings. The van der Waals surface area contributed by atoms with Crippen molar-refractivity contribution in [1.29, 1.82) is 0 Å². The third-order valence-electron chi connectivity index (χ3n) is 3.12. The summed E-state index contributed by atoms with van der Waals surface area (Å²) in [6, 6.07) is 4.29. The molecular weight excluding hydrogens is 248 g/mol. The van der Waals surface area contributed by atoms with Gasteiger partial charge in [0.1, 0.15) is 0 Å². The zero-order valence-electron chi connectivity index (χ0n) is 11.0. The number of rotatable bonds is 3. The summed E-state index contributed by atoms with van der Waals surface area (Å²) in [7, 11) is 1.93. The zero-order chi connectivity index (χ0) is 13.3. The normalized spacial score (nSPS) is 12.7. The van der Waals surface area contributed by atoms with Crippen molar-refractivity contribution in [2.45, 2.75) is 26.8 Å². The number of hydrogen-bond donors (Lipinski definition) is 1. The van der Waals surface area contributed by atoms with Crippen LogP contribution < -0.4 is 5.32 Å². The monoisotopic (exact) mass is 264 g/mol. The van der Waals surface area contributed by atoms with E-state index in [4.69, 9.17) is 11.6 Å². The number of nitrogens with zero attached hydrogens (tertiary/aromatic N) is 3. The van der Waals surface area contributed by atoms with Crippen LogP contribution >= 0.6 is 11.6 Å². The van der Waals surface area contributed by atoms with E-state index in [0.717, 1.165) is 22.8 Å². The van der Waals surface area contributed by atoms with Gasteiger partial charge < -0.3 is 5.32 Å². The Morgan fingerprint density at radius 2 is 2.06 bits per heavy atom. The third kappa shape index (κ3) is 2.26. The van der Waals surface area contributed by atoms with Gasteiger partial charge in [0.2, 0.25) is 0 Å². The van der Waals surface area contributed by atoms with E-state index in [2.05, 4.69) is 22.3 Å². The first-order valence-corrected chi connectivity index (χ1v) is 6.27. The number of aromatic nitrogens is 3. The molecule has 4 nitrogen and oxygen atoms in total. The zero-order valence-corrected chi connectivity index (χ0v) is 11.8. The Bertz CT molecular complexity index is 545. The topological polar surface area (TPSA) is 42.7 Å². The molecule has 0 saturated carbocycles. The van der Waals surface area contributed by atoms with Crippen molar-refractivity contribution in [3.8, 4) is 5.82 Å². The van der Waals surface area contributed by atoms with Gasteiger partial charge in [-0.1, -0.05) is 17.7 Å². The summed E-state index contributed by atoms with van der Waals surface area (Å²) in [6.45, 7) is 5.92. The van der Waals surface area contributed by atoms with Crippen molar-refractivity contribution in [2.75, 3.05) is 7.05 Å². The highest BCUT2D eigenvalue weighted by Crippen LogP contribution is 2.22. The molecule has 0 amide bonds. The standard InChI is InChI=1S/C13H17ClN4/c1-8(15-4)11-5-6-12(16-7-11)18-10(3)13(14)9(2)17-18/h5-8,15H,1-4H3. The molecule has 2 aromatic heterocycles. The molecule has 96 valence electrons. The van der Waals surface area contributed by atoms with E-state index in [-0.39, 0.29) is 6.04 Å². The number of halogens is 1. The molecule has 0 aliphatic heterocycles. The smallest absolute Gasteiger partial charge is 0.153 e. The molecule has 2 heterocycles. The molecule has 0 radical (unpaired) electrons. The highest BCUT2D eigenvalue weighted by Gasteiger charge is 2.11. The largest absolute Gasteiger partial charge is 0.313 e. The van der Waals surface area contributed by atoms with Gasteiger partial charge in [-0.05, 0) is 39.4 Å².